The lowest BCUT2D eigenvalue weighted by Gasteiger charge is -2.18. The first kappa shape index (κ1) is 48.4. The van der Waals surface area contributed by atoms with E-state index < -0.39 is 12.0 Å². The average Bonchev–Trinajstić information content (AvgIpc) is 3.10. The first-order chi connectivity index (χ1) is 24.4. The monoisotopic (exact) mass is 709 g/mol. The molecule has 0 aliphatic rings. The van der Waals surface area contributed by atoms with E-state index in [9.17, 15) is 19.5 Å². The number of rotatable bonds is 40. The first-order valence-corrected chi connectivity index (χ1v) is 21.9. The van der Waals surface area contributed by atoms with Crippen molar-refractivity contribution in [2.45, 2.75) is 251 Å². The molecule has 0 fully saturated rings. The highest BCUT2D eigenvalue weighted by atomic mass is 16.5. The topological polar surface area (TPSA) is 119 Å². The number of carboxylic acids is 1. The van der Waals surface area contributed by atoms with E-state index in [4.69, 9.17) is 10.5 Å². The minimum atomic E-state index is -1.00. The first-order valence-electron chi connectivity index (χ1n) is 21.9. The number of nitrogens with one attached hydrogen (secondary N) is 1. The number of aliphatic carboxylic acids is 1. The van der Waals surface area contributed by atoms with Crippen LogP contribution in [0.2, 0.25) is 0 Å². The predicted molar refractivity (Wildman–Crippen MR) is 211 cm³/mol. The molecule has 2 atom stereocenters. The Kier molecular flexibility index (Phi) is 37.3. The Morgan fingerprint density at radius 3 is 1.24 bits per heavy atom. The summed E-state index contributed by atoms with van der Waals surface area (Å²) in [6.45, 7) is 4.96. The third kappa shape index (κ3) is 34.8. The molecule has 296 valence electrons. The fourth-order valence-electron chi connectivity index (χ4n) is 6.86. The van der Waals surface area contributed by atoms with Gasteiger partial charge in [0.15, 0.2) is 0 Å². The summed E-state index contributed by atoms with van der Waals surface area (Å²) in [5.74, 6) is -1.21. The second kappa shape index (κ2) is 38.6. The maximum atomic E-state index is 12.8. The highest BCUT2D eigenvalue weighted by Crippen LogP contribution is 2.19. The minimum Gasteiger partial charge on any atom is -0.480 e. The van der Waals surface area contributed by atoms with E-state index in [1.165, 1.54) is 135 Å². The normalized spacial score (nSPS) is 12.5. The number of nitrogens with two attached hydrogens (primary N) is 1. The molecule has 0 radical (unpaired) electrons. The summed E-state index contributed by atoms with van der Waals surface area (Å²) in [4.78, 5) is 36.3. The van der Waals surface area contributed by atoms with Gasteiger partial charge in [0, 0.05) is 12.8 Å². The number of amides is 1. The summed E-state index contributed by atoms with van der Waals surface area (Å²) < 4.78 is 6.05. The van der Waals surface area contributed by atoms with Crippen molar-refractivity contribution in [1.82, 2.24) is 5.32 Å². The van der Waals surface area contributed by atoms with Gasteiger partial charge in [-0.05, 0) is 57.9 Å². The van der Waals surface area contributed by atoms with Crippen LogP contribution in [0.25, 0.3) is 0 Å². The molecule has 50 heavy (non-hydrogen) atoms. The molecular weight excluding hydrogens is 624 g/mol. The molecule has 1 amide bonds. The van der Waals surface area contributed by atoms with Crippen LogP contribution in [0.15, 0.2) is 0 Å². The lowest BCUT2D eigenvalue weighted by Crippen LogP contribution is -2.40. The summed E-state index contributed by atoms with van der Waals surface area (Å²) in [5, 5.41) is 11.9. The molecule has 0 spiro atoms. The fourth-order valence-corrected chi connectivity index (χ4v) is 6.86. The standard InChI is InChI=1S/C43H84N2O5/c1-3-5-7-9-11-13-15-16-18-19-21-24-28-33-39(50-42(47)37-31-27-22-20-17-14-12-10-8-6-4-2)34-29-25-23-26-30-36-41(46)45-40(43(48)49)35-32-38-44/h39-40H,3-38,44H2,1-2H3,(H,45,46)(H,48,49). The zero-order valence-electron chi connectivity index (χ0n) is 33.3. The molecule has 0 saturated heterocycles. The number of esters is 1. The lowest BCUT2D eigenvalue weighted by atomic mass is 10.0. The minimum absolute atomic E-state index is 0.0160. The Labute approximate surface area is 309 Å². The molecule has 0 saturated carbocycles. The van der Waals surface area contributed by atoms with Gasteiger partial charge in [-0.3, -0.25) is 9.59 Å². The van der Waals surface area contributed by atoms with E-state index in [2.05, 4.69) is 19.2 Å². The Morgan fingerprint density at radius 2 is 0.860 bits per heavy atom. The zero-order chi connectivity index (χ0) is 36.8. The molecule has 0 heterocycles. The molecule has 7 heteroatoms. The van der Waals surface area contributed by atoms with Crippen molar-refractivity contribution in [1.29, 1.82) is 0 Å². The second-order valence-corrected chi connectivity index (χ2v) is 15.1. The van der Waals surface area contributed by atoms with Crippen molar-refractivity contribution in [3.05, 3.63) is 0 Å². The van der Waals surface area contributed by atoms with Gasteiger partial charge in [0.2, 0.25) is 5.91 Å². The molecule has 2 unspecified atom stereocenters. The van der Waals surface area contributed by atoms with Crippen molar-refractivity contribution >= 4 is 17.8 Å². The Bertz CT molecular complexity index is 762. The van der Waals surface area contributed by atoms with Gasteiger partial charge >= 0.3 is 11.9 Å². The fraction of sp³-hybridized carbons (Fsp3) is 0.930. The molecule has 7 nitrogen and oxygen atoms in total. The number of carbonyl (C=O) groups is 3. The molecule has 0 aliphatic carbocycles. The molecule has 0 aliphatic heterocycles. The number of ether oxygens (including phenoxy) is 1. The van der Waals surface area contributed by atoms with Crippen molar-refractivity contribution in [2.75, 3.05) is 6.54 Å². The van der Waals surface area contributed by atoms with Crippen molar-refractivity contribution in [2.24, 2.45) is 5.73 Å². The summed E-state index contributed by atoms with van der Waals surface area (Å²) in [7, 11) is 0. The van der Waals surface area contributed by atoms with Gasteiger partial charge in [-0.1, -0.05) is 174 Å². The van der Waals surface area contributed by atoms with E-state index in [1.807, 2.05) is 0 Å². The largest absolute Gasteiger partial charge is 0.480 e. The summed E-state index contributed by atoms with van der Waals surface area (Å²) in [5.41, 5.74) is 5.48. The van der Waals surface area contributed by atoms with Gasteiger partial charge in [0.1, 0.15) is 12.1 Å². The van der Waals surface area contributed by atoms with Crippen LogP contribution in [-0.4, -0.2) is 41.6 Å². The van der Waals surface area contributed by atoms with Crippen LogP contribution in [0.3, 0.4) is 0 Å². The van der Waals surface area contributed by atoms with Crippen molar-refractivity contribution in [3.63, 3.8) is 0 Å². The summed E-state index contributed by atoms with van der Waals surface area (Å²) in [6.07, 6.45) is 40.0. The third-order valence-electron chi connectivity index (χ3n) is 10.2. The molecule has 0 aromatic rings. The maximum absolute atomic E-state index is 12.8. The SMILES string of the molecule is CCCCCCCCCCCCCCCC(CCCCCCCC(=O)NC(CCCN)C(=O)O)OC(=O)CCCCCCCCCCCCC. The van der Waals surface area contributed by atoms with Gasteiger partial charge in [0.25, 0.3) is 0 Å². The Hall–Kier alpha value is -1.63. The van der Waals surface area contributed by atoms with E-state index in [0.717, 1.165) is 64.2 Å². The molecular formula is C43H84N2O5. The molecule has 0 aromatic carbocycles. The molecule has 4 N–H and O–H groups in total. The van der Waals surface area contributed by atoms with Crippen LogP contribution in [0.4, 0.5) is 0 Å². The number of carbonyl (C=O) groups excluding carboxylic acids is 2. The van der Waals surface area contributed by atoms with E-state index in [-0.39, 0.29) is 18.0 Å². The van der Waals surface area contributed by atoms with Crippen LogP contribution in [0.5, 0.6) is 0 Å². The maximum Gasteiger partial charge on any atom is 0.326 e. The van der Waals surface area contributed by atoms with Gasteiger partial charge in [0.05, 0.1) is 0 Å². The van der Waals surface area contributed by atoms with E-state index >= 15 is 0 Å². The van der Waals surface area contributed by atoms with Crippen LogP contribution in [0, 0.1) is 0 Å². The van der Waals surface area contributed by atoms with Gasteiger partial charge in [-0.25, -0.2) is 4.79 Å². The number of hydrogen-bond donors (Lipinski definition) is 3. The summed E-state index contributed by atoms with van der Waals surface area (Å²) >= 11 is 0. The number of carboxylic acid groups (broad SMARTS) is 1. The van der Waals surface area contributed by atoms with Crippen LogP contribution in [-0.2, 0) is 19.1 Å². The van der Waals surface area contributed by atoms with Crippen molar-refractivity contribution in [3.8, 4) is 0 Å². The van der Waals surface area contributed by atoms with E-state index in [0.29, 0.717) is 32.2 Å². The van der Waals surface area contributed by atoms with Gasteiger partial charge in [-0.2, -0.15) is 0 Å². The highest BCUT2D eigenvalue weighted by molar-refractivity contribution is 5.83. The summed E-state index contributed by atoms with van der Waals surface area (Å²) in [6, 6.07) is -0.851. The Morgan fingerprint density at radius 1 is 0.500 bits per heavy atom. The molecule has 0 rings (SSSR count). The van der Waals surface area contributed by atoms with Crippen LogP contribution in [0.1, 0.15) is 239 Å². The highest BCUT2D eigenvalue weighted by Gasteiger charge is 2.19. The van der Waals surface area contributed by atoms with Gasteiger partial charge in [-0.15, -0.1) is 0 Å². The predicted octanol–water partition coefficient (Wildman–Crippen LogP) is 12.1. The quantitative estimate of drug-likeness (QED) is 0.0430. The second-order valence-electron chi connectivity index (χ2n) is 15.1. The van der Waals surface area contributed by atoms with Gasteiger partial charge < -0.3 is 20.9 Å². The van der Waals surface area contributed by atoms with Crippen LogP contribution >= 0.6 is 0 Å². The number of unbranched alkanes of at least 4 members (excludes halogenated alkanes) is 26. The smallest absolute Gasteiger partial charge is 0.326 e. The average molecular weight is 709 g/mol. The zero-order valence-corrected chi connectivity index (χ0v) is 33.3. The lowest BCUT2D eigenvalue weighted by molar-refractivity contribution is -0.150. The van der Waals surface area contributed by atoms with E-state index in [1.54, 1.807) is 0 Å². The Balaban J connectivity index is 4.29. The molecule has 0 aromatic heterocycles. The third-order valence-corrected chi connectivity index (χ3v) is 10.2. The van der Waals surface area contributed by atoms with Crippen molar-refractivity contribution < 1.29 is 24.2 Å². The molecule has 0 bridgehead atoms. The van der Waals surface area contributed by atoms with Crippen LogP contribution < -0.4 is 11.1 Å². The number of hydrogen-bond acceptors (Lipinski definition) is 5.